The number of halogens is 1. The molecule has 0 saturated heterocycles. The highest BCUT2D eigenvalue weighted by atomic mass is 35.5. The highest BCUT2D eigenvalue weighted by Gasteiger charge is 2.14. The van der Waals surface area contributed by atoms with Gasteiger partial charge in [0, 0.05) is 5.56 Å². The molecular formula is C15H14ClN5O. The fraction of sp³-hybridized carbons (Fsp3) is 0.200. The average molecular weight is 316 g/mol. The maximum atomic E-state index is 12.2. The summed E-state index contributed by atoms with van der Waals surface area (Å²) in [5, 5.41) is 7.44. The molecule has 0 aliphatic rings. The number of aromatic nitrogens is 4. The molecule has 112 valence electrons. The topological polar surface area (TPSA) is 72.2 Å². The summed E-state index contributed by atoms with van der Waals surface area (Å²) in [4.78, 5) is 20.7. The standard InChI is InChI=1S/C15H14ClN5O/c1-8-5-4-6-11(7-8)13(22)18-14-19-15-17-9(2)12(16)10(3)21(15)20-14/h4-7H,1-3H3,(H,18,20,22). The van der Waals surface area contributed by atoms with Crippen LogP contribution in [0.3, 0.4) is 0 Å². The van der Waals surface area contributed by atoms with Gasteiger partial charge in [-0.05, 0) is 32.9 Å². The van der Waals surface area contributed by atoms with Crippen molar-refractivity contribution >= 4 is 29.2 Å². The number of rotatable bonds is 2. The smallest absolute Gasteiger partial charge is 0.258 e. The number of hydrogen-bond donors (Lipinski definition) is 1. The second-order valence-electron chi connectivity index (χ2n) is 5.07. The van der Waals surface area contributed by atoms with E-state index in [1.807, 2.05) is 26.0 Å². The number of nitrogens with zero attached hydrogens (tertiary/aromatic N) is 4. The Bertz CT molecular complexity index is 887. The molecule has 0 aliphatic heterocycles. The van der Waals surface area contributed by atoms with Crippen molar-refractivity contribution < 1.29 is 4.79 Å². The zero-order chi connectivity index (χ0) is 15.9. The van der Waals surface area contributed by atoms with Gasteiger partial charge in [-0.1, -0.05) is 29.3 Å². The Balaban J connectivity index is 1.95. The first-order chi connectivity index (χ1) is 10.5. The predicted molar refractivity (Wildman–Crippen MR) is 84.4 cm³/mol. The Hall–Kier alpha value is -2.47. The zero-order valence-electron chi connectivity index (χ0n) is 12.4. The fourth-order valence-corrected chi connectivity index (χ4v) is 2.29. The molecule has 0 unspecified atom stereocenters. The zero-order valence-corrected chi connectivity index (χ0v) is 13.1. The Labute approximate surface area is 132 Å². The van der Waals surface area contributed by atoms with E-state index in [2.05, 4.69) is 20.4 Å². The lowest BCUT2D eigenvalue weighted by Crippen LogP contribution is -2.13. The highest BCUT2D eigenvalue weighted by molar-refractivity contribution is 6.31. The van der Waals surface area contributed by atoms with Gasteiger partial charge in [0.25, 0.3) is 17.6 Å². The number of hydrogen-bond acceptors (Lipinski definition) is 4. The van der Waals surface area contributed by atoms with E-state index < -0.39 is 0 Å². The van der Waals surface area contributed by atoms with Crippen LogP contribution >= 0.6 is 11.6 Å². The summed E-state index contributed by atoms with van der Waals surface area (Å²) in [5.41, 5.74) is 2.97. The molecule has 6 nitrogen and oxygen atoms in total. The van der Waals surface area contributed by atoms with Crippen molar-refractivity contribution in [1.82, 2.24) is 19.6 Å². The number of fused-ring (bicyclic) bond motifs is 1. The van der Waals surface area contributed by atoms with E-state index in [1.165, 1.54) is 4.52 Å². The molecular weight excluding hydrogens is 302 g/mol. The number of aryl methyl sites for hydroxylation is 3. The van der Waals surface area contributed by atoms with Gasteiger partial charge >= 0.3 is 0 Å². The number of carbonyl (C=O) groups is 1. The molecule has 1 amide bonds. The quantitative estimate of drug-likeness (QED) is 0.789. The van der Waals surface area contributed by atoms with Gasteiger partial charge in [0.15, 0.2) is 0 Å². The van der Waals surface area contributed by atoms with Gasteiger partial charge in [-0.25, -0.2) is 4.98 Å². The number of anilines is 1. The summed E-state index contributed by atoms with van der Waals surface area (Å²) in [6, 6.07) is 7.30. The summed E-state index contributed by atoms with van der Waals surface area (Å²) in [6.07, 6.45) is 0. The third-order valence-electron chi connectivity index (χ3n) is 3.32. The van der Waals surface area contributed by atoms with Gasteiger partial charge in [-0.2, -0.15) is 9.50 Å². The van der Waals surface area contributed by atoms with Crippen molar-refractivity contribution in [1.29, 1.82) is 0 Å². The third-order valence-corrected chi connectivity index (χ3v) is 3.86. The van der Waals surface area contributed by atoms with Crippen LogP contribution in [0.25, 0.3) is 5.78 Å². The monoisotopic (exact) mass is 315 g/mol. The molecule has 0 radical (unpaired) electrons. The summed E-state index contributed by atoms with van der Waals surface area (Å²) < 4.78 is 1.52. The highest BCUT2D eigenvalue weighted by Crippen LogP contribution is 2.19. The van der Waals surface area contributed by atoms with Crippen LogP contribution in [0.4, 0.5) is 5.95 Å². The van der Waals surface area contributed by atoms with Crippen molar-refractivity contribution in [2.45, 2.75) is 20.8 Å². The maximum absolute atomic E-state index is 12.2. The second kappa shape index (κ2) is 5.38. The van der Waals surface area contributed by atoms with E-state index in [0.717, 1.165) is 11.3 Å². The van der Waals surface area contributed by atoms with Gasteiger partial charge in [0.2, 0.25) is 0 Å². The van der Waals surface area contributed by atoms with Gasteiger partial charge < -0.3 is 0 Å². The van der Waals surface area contributed by atoms with Crippen LogP contribution in [0, 0.1) is 20.8 Å². The number of nitrogens with one attached hydrogen (secondary N) is 1. The van der Waals surface area contributed by atoms with Crippen LogP contribution in [0.1, 0.15) is 27.3 Å². The molecule has 2 heterocycles. The van der Waals surface area contributed by atoms with Gasteiger partial charge in [-0.15, -0.1) is 5.10 Å². The molecule has 1 aromatic carbocycles. The first-order valence-electron chi connectivity index (χ1n) is 6.73. The molecule has 3 rings (SSSR count). The van der Waals surface area contributed by atoms with Gasteiger partial charge in [0.05, 0.1) is 16.4 Å². The molecule has 0 bridgehead atoms. The Morgan fingerprint density at radius 3 is 2.73 bits per heavy atom. The van der Waals surface area contributed by atoms with E-state index in [0.29, 0.717) is 22.1 Å². The number of amides is 1. The van der Waals surface area contributed by atoms with Crippen LogP contribution < -0.4 is 5.32 Å². The van der Waals surface area contributed by atoms with E-state index in [1.54, 1.807) is 19.1 Å². The fourth-order valence-electron chi connectivity index (χ4n) is 2.17. The van der Waals surface area contributed by atoms with E-state index in [9.17, 15) is 4.79 Å². The first-order valence-corrected chi connectivity index (χ1v) is 7.11. The summed E-state index contributed by atoms with van der Waals surface area (Å²) in [5.74, 6) is 0.336. The summed E-state index contributed by atoms with van der Waals surface area (Å²) in [7, 11) is 0. The van der Waals surface area contributed by atoms with E-state index >= 15 is 0 Å². The Morgan fingerprint density at radius 1 is 1.23 bits per heavy atom. The predicted octanol–water partition coefficient (Wildman–Crippen LogP) is 2.96. The van der Waals surface area contributed by atoms with Crippen molar-refractivity contribution in [3.8, 4) is 0 Å². The first kappa shape index (κ1) is 14.5. The molecule has 0 saturated carbocycles. The van der Waals surface area contributed by atoms with Crippen molar-refractivity contribution in [2.75, 3.05) is 5.32 Å². The molecule has 0 atom stereocenters. The molecule has 0 fully saturated rings. The van der Waals surface area contributed by atoms with Crippen LogP contribution in [0.2, 0.25) is 5.02 Å². The Kier molecular flexibility index (Phi) is 3.54. The normalized spacial score (nSPS) is 10.9. The molecule has 0 spiro atoms. The van der Waals surface area contributed by atoms with Gasteiger partial charge in [0.1, 0.15) is 0 Å². The largest absolute Gasteiger partial charge is 0.289 e. The molecule has 7 heteroatoms. The number of benzene rings is 1. The van der Waals surface area contributed by atoms with E-state index in [-0.39, 0.29) is 11.9 Å². The molecule has 3 aromatic rings. The second-order valence-corrected chi connectivity index (χ2v) is 5.45. The molecule has 2 aromatic heterocycles. The van der Waals surface area contributed by atoms with Gasteiger partial charge in [-0.3, -0.25) is 10.1 Å². The van der Waals surface area contributed by atoms with Crippen LogP contribution in [0.5, 0.6) is 0 Å². The molecule has 1 N–H and O–H groups in total. The number of carbonyl (C=O) groups excluding carboxylic acids is 1. The summed E-state index contributed by atoms with van der Waals surface area (Å²) in [6.45, 7) is 5.55. The molecule has 22 heavy (non-hydrogen) atoms. The lowest BCUT2D eigenvalue weighted by Gasteiger charge is -2.02. The minimum Gasteiger partial charge on any atom is -0.289 e. The van der Waals surface area contributed by atoms with Crippen molar-refractivity contribution in [3.05, 3.63) is 51.8 Å². The molecule has 0 aliphatic carbocycles. The van der Waals surface area contributed by atoms with E-state index in [4.69, 9.17) is 11.6 Å². The maximum Gasteiger partial charge on any atom is 0.258 e. The minimum atomic E-state index is -0.264. The average Bonchev–Trinajstić information content (AvgIpc) is 2.87. The summed E-state index contributed by atoms with van der Waals surface area (Å²) >= 11 is 6.15. The SMILES string of the molecule is Cc1cccc(C(=O)Nc2nc3nc(C)c(Cl)c(C)n3n2)c1. The van der Waals surface area contributed by atoms with Crippen LogP contribution in [0.15, 0.2) is 24.3 Å². The van der Waals surface area contributed by atoms with Crippen molar-refractivity contribution in [2.24, 2.45) is 0 Å². The van der Waals surface area contributed by atoms with Crippen LogP contribution in [-0.4, -0.2) is 25.5 Å². The lowest BCUT2D eigenvalue weighted by atomic mass is 10.1. The van der Waals surface area contributed by atoms with Crippen LogP contribution in [-0.2, 0) is 0 Å². The lowest BCUT2D eigenvalue weighted by molar-refractivity contribution is 0.102. The third kappa shape index (κ3) is 2.53. The minimum absolute atomic E-state index is 0.198. The van der Waals surface area contributed by atoms with Crippen molar-refractivity contribution in [3.63, 3.8) is 0 Å². The Morgan fingerprint density at radius 2 is 2.00 bits per heavy atom.